The molecular weight excluding hydrogens is 212 g/mol. The standard InChI is InChI=1S/C14H22N2O/c1-11(2)17-9-8-15-10-13-5-3-4-12-6-7-16-14(12)13/h3-5,11,15-16H,6-10H2,1-2H3. The van der Waals surface area contributed by atoms with E-state index in [9.17, 15) is 0 Å². The van der Waals surface area contributed by atoms with E-state index in [4.69, 9.17) is 4.74 Å². The van der Waals surface area contributed by atoms with Gasteiger partial charge < -0.3 is 15.4 Å². The molecular formula is C14H22N2O. The minimum Gasteiger partial charge on any atom is -0.384 e. The van der Waals surface area contributed by atoms with Crippen molar-refractivity contribution in [3.8, 4) is 0 Å². The number of rotatable bonds is 6. The summed E-state index contributed by atoms with van der Waals surface area (Å²) in [5.74, 6) is 0. The maximum atomic E-state index is 5.49. The number of anilines is 1. The normalized spacial score (nSPS) is 13.8. The van der Waals surface area contributed by atoms with Crippen LogP contribution in [0.5, 0.6) is 0 Å². The van der Waals surface area contributed by atoms with Gasteiger partial charge >= 0.3 is 0 Å². The number of nitrogens with one attached hydrogen (secondary N) is 2. The molecule has 0 aliphatic carbocycles. The Bertz CT molecular complexity index is 363. The second kappa shape index (κ2) is 6.03. The van der Waals surface area contributed by atoms with Crippen molar-refractivity contribution in [3.05, 3.63) is 29.3 Å². The smallest absolute Gasteiger partial charge is 0.0594 e. The van der Waals surface area contributed by atoms with Crippen LogP contribution in [0.1, 0.15) is 25.0 Å². The van der Waals surface area contributed by atoms with Gasteiger partial charge in [-0.25, -0.2) is 0 Å². The molecule has 0 unspecified atom stereocenters. The summed E-state index contributed by atoms with van der Waals surface area (Å²) in [7, 11) is 0. The number of hydrogen-bond donors (Lipinski definition) is 2. The summed E-state index contributed by atoms with van der Waals surface area (Å²) in [6.45, 7) is 7.80. The van der Waals surface area contributed by atoms with Gasteiger partial charge in [-0.1, -0.05) is 18.2 Å². The van der Waals surface area contributed by atoms with Crippen molar-refractivity contribution >= 4 is 5.69 Å². The minimum absolute atomic E-state index is 0.319. The first kappa shape index (κ1) is 12.4. The van der Waals surface area contributed by atoms with Gasteiger partial charge in [0.15, 0.2) is 0 Å². The molecule has 17 heavy (non-hydrogen) atoms. The van der Waals surface area contributed by atoms with Crippen LogP contribution in [-0.2, 0) is 17.7 Å². The van der Waals surface area contributed by atoms with E-state index in [1.165, 1.54) is 16.8 Å². The van der Waals surface area contributed by atoms with Crippen molar-refractivity contribution in [2.75, 3.05) is 25.0 Å². The fourth-order valence-corrected chi connectivity index (χ4v) is 2.15. The molecule has 0 amide bonds. The van der Waals surface area contributed by atoms with Crippen LogP contribution >= 0.6 is 0 Å². The van der Waals surface area contributed by atoms with Gasteiger partial charge in [0.05, 0.1) is 12.7 Å². The molecule has 0 fully saturated rings. The Balaban J connectivity index is 1.78. The van der Waals surface area contributed by atoms with Gasteiger partial charge in [-0.05, 0) is 31.4 Å². The van der Waals surface area contributed by atoms with E-state index >= 15 is 0 Å². The molecule has 1 aromatic carbocycles. The summed E-state index contributed by atoms with van der Waals surface area (Å²) in [4.78, 5) is 0. The highest BCUT2D eigenvalue weighted by Crippen LogP contribution is 2.25. The molecule has 0 aromatic heterocycles. The molecule has 1 heterocycles. The van der Waals surface area contributed by atoms with Crippen LogP contribution in [-0.4, -0.2) is 25.8 Å². The lowest BCUT2D eigenvalue weighted by Crippen LogP contribution is -2.21. The zero-order valence-corrected chi connectivity index (χ0v) is 10.8. The zero-order chi connectivity index (χ0) is 12.1. The second-order valence-electron chi connectivity index (χ2n) is 4.72. The summed E-state index contributed by atoms with van der Waals surface area (Å²) in [6.07, 6.45) is 1.47. The van der Waals surface area contributed by atoms with Crippen molar-refractivity contribution < 1.29 is 4.74 Å². The van der Waals surface area contributed by atoms with Crippen LogP contribution in [0.2, 0.25) is 0 Å². The van der Waals surface area contributed by atoms with Crippen LogP contribution < -0.4 is 10.6 Å². The third kappa shape index (κ3) is 3.45. The number of fused-ring (bicyclic) bond motifs is 1. The number of benzene rings is 1. The Morgan fingerprint density at radius 1 is 1.41 bits per heavy atom. The number of para-hydroxylation sites is 1. The number of ether oxygens (including phenoxy) is 1. The van der Waals surface area contributed by atoms with Crippen LogP contribution in [0.3, 0.4) is 0 Å². The van der Waals surface area contributed by atoms with Gasteiger partial charge in [-0.3, -0.25) is 0 Å². The Labute approximate surface area is 104 Å². The van der Waals surface area contributed by atoms with Gasteiger partial charge in [-0.15, -0.1) is 0 Å². The van der Waals surface area contributed by atoms with Gasteiger partial charge in [-0.2, -0.15) is 0 Å². The summed E-state index contributed by atoms with van der Waals surface area (Å²) >= 11 is 0. The third-order valence-corrected chi connectivity index (χ3v) is 2.98. The molecule has 0 spiro atoms. The van der Waals surface area contributed by atoms with E-state index in [1.54, 1.807) is 0 Å². The van der Waals surface area contributed by atoms with E-state index < -0.39 is 0 Å². The quantitative estimate of drug-likeness (QED) is 0.740. The molecule has 0 saturated heterocycles. The van der Waals surface area contributed by atoms with Gasteiger partial charge in [0.25, 0.3) is 0 Å². The molecule has 94 valence electrons. The second-order valence-corrected chi connectivity index (χ2v) is 4.72. The molecule has 0 atom stereocenters. The lowest BCUT2D eigenvalue weighted by molar-refractivity contribution is 0.0807. The van der Waals surface area contributed by atoms with Crippen LogP contribution in [0.15, 0.2) is 18.2 Å². The van der Waals surface area contributed by atoms with E-state index in [1.807, 2.05) is 0 Å². The van der Waals surface area contributed by atoms with Crippen molar-refractivity contribution in [1.29, 1.82) is 0 Å². The van der Waals surface area contributed by atoms with Crippen molar-refractivity contribution in [3.63, 3.8) is 0 Å². The molecule has 3 heteroatoms. The van der Waals surface area contributed by atoms with Crippen LogP contribution in [0.4, 0.5) is 5.69 Å². The minimum atomic E-state index is 0.319. The average Bonchev–Trinajstić information content (AvgIpc) is 2.77. The maximum Gasteiger partial charge on any atom is 0.0594 e. The molecule has 0 bridgehead atoms. The highest BCUT2D eigenvalue weighted by molar-refractivity contribution is 5.61. The highest BCUT2D eigenvalue weighted by atomic mass is 16.5. The van der Waals surface area contributed by atoms with Crippen molar-refractivity contribution in [1.82, 2.24) is 5.32 Å². The number of hydrogen-bond acceptors (Lipinski definition) is 3. The summed E-state index contributed by atoms with van der Waals surface area (Å²) in [5, 5.41) is 6.88. The third-order valence-electron chi connectivity index (χ3n) is 2.98. The first-order chi connectivity index (χ1) is 8.27. The van der Waals surface area contributed by atoms with E-state index in [0.717, 1.165) is 32.7 Å². The largest absolute Gasteiger partial charge is 0.384 e. The molecule has 2 rings (SSSR count). The first-order valence-electron chi connectivity index (χ1n) is 6.44. The summed E-state index contributed by atoms with van der Waals surface area (Å²) in [6, 6.07) is 6.54. The van der Waals surface area contributed by atoms with Gasteiger partial charge in [0.1, 0.15) is 0 Å². The molecule has 1 aliphatic heterocycles. The molecule has 0 saturated carbocycles. The highest BCUT2D eigenvalue weighted by Gasteiger charge is 2.12. The van der Waals surface area contributed by atoms with E-state index in [2.05, 4.69) is 42.7 Å². The van der Waals surface area contributed by atoms with Crippen LogP contribution in [0, 0.1) is 0 Å². The van der Waals surface area contributed by atoms with Crippen LogP contribution in [0.25, 0.3) is 0 Å². The van der Waals surface area contributed by atoms with Crippen molar-refractivity contribution in [2.45, 2.75) is 32.9 Å². The Kier molecular flexibility index (Phi) is 4.40. The Morgan fingerprint density at radius 2 is 2.29 bits per heavy atom. The first-order valence-corrected chi connectivity index (χ1v) is 6.44. The van der Waals surface area contributed by atoms with E-state index in [0.29, 0.717) is 6.10 Å². The predicted octanol–water partition coefficient (Wildman–Crippen LogP) is 2.17. The molecule has 3 nitrogen and oxygen atoms in total. The topological polar surface area (TPSA) is 33.3 Å². The maximum absolute atomic E-state index is 5.49. The van der Waals surface area contributed by atoms with Gasteiger partial charge in [0.2, 0.25) is 0 Å². The SMILES string of the molecule is CC(C)OCCNCc1cccc2c1NCC2. The lowest BCUT2D eigenvalue weighted by atomic mass is 10.1. The predicted molar refractivity (Wildman–Crippen MR) is 71.4 cm³/mol. The summed E-state index contributed by atoms with van der Waals surface area (Å²) in [5.41, 5.74) is 4.15. The fourth-order valence-electron chi connectivity index (χ4n) is 2.15. The Morgan fingerprint density at radius 3 is 3.12 bits per heavy atom. The molecule has 1 aromatic rings. The molecule has 2 N–H and O–H groups in total. The van der Waals surface area contributed by atoms with E-state index in [-0.39, 0.29) is 0 Å². The van der Waals surface area contributed by atoms with Gasteiger partial charge in [0, 0.05) is 25.3 Å². The average molecular weight is 234 g/mol. The molecule has 0 radical (unpaired) electrons. The van der Waals surface area contributed by atoms with Crippen molar-refractivity contribution in [2.24, 2.45) is 0 Å². The zero-order valence-electron chi connectivity index (χ0n) is 10.8. The Hall–Kier alpha value is -1.06. The fraction of sp³-hybridized carbons (Fsp3) is 0.571. The molecule has 1 aliphatic rings. The lowest BCUT2D eigenvalue weighted by Gasteiger charge is -2.11. The monoisotopic (exact) mass is 234 g/mol. The summed E-state index contributed by atoms with van der Waals surface area (Å²) < 4.78 is 5.49.